The van der Waals surface area contributed by atoms with Gasteiger partial charge in [0.05, 0.1) is 17.6 Å². The molecule has 6 nitrogen and oxygen atoms in total. The van der Waals surface area contributed by atoms with Crippen LogP contribution >= 0.6 is 12.2 Å². The zero-order valence-corrected chi connectivity index (χ0v) is 14.0. The van der Waals surface area contributed by atoms with Gasteiger partial charge in [0.15, 0.2) is 5.11 Å². The van der Waals surface area contributed by atoms with E-state index in [1.54, 1.807) is 0 Å². The van der Waals surface area contributed by atoms with Crippen LogP contribution in [0.2, 0.25) is 0 Å². The van der Waals surface area contributed by atoms with Crippen molar-refractivity contribution >= 4 is 28.7 Å². The number of hydrogen-bond donors (Lipinski definition) is 2. The molecule has 0 aromatic carbocycles. The zero-order chi connectivity index (χ0) is 16.2. The monoisotopic (exact) mass is 336 g/mol. The van der Waals surface area contributed by atoms with Gasteiger partial charge in [0.1, 0.15) is 11.5 Å². The second-order valence-electron chi connectivity index (χ2n) is 5.62. The molecule has 1 aromatic rings. The third-order valence-electron chi connectivity index (χ3n) is 4.20. The molecule has 3 heterocycles. The number of thiocarbonyl (C=S) groups is 1. The largest absolute Gasteiger partial charge is 0.383 e. The number of anilines is 1. The second kappa shape index (κ2) is 7.18. The molecule has 2 aliphatic rings. The number of hydrazone groups is 1. The predicted molar refractivity (Wildman–Crippen MR) is 93.3 cm³/mol. The molecule has 1 saturated heterocycles. The van der Waals surface area contributed by atoms with Gasteiger partial charge in [-0.05, 0) is 18.8 Å². The molecule has 2 aliphatic heterocycles. The molecule has 1 aromatic heterocycles. The molecule has 1 fully saturated rings. The van der Waals surface area contributed by atoms with Crippen molar-refractivity contribution in [2.24, 2.45) is 5.10 Å². The number of hydrogen-bond acceptors (Lipinski definition) is 5. The van der Waals surface area contributed by atoms with Crippen molar-refractivity contribution in [2.45, 2.75) is 13.3 Å². The third kappa shape index (κ3) is 3.76. The number of likely N-dealkylation sites (N-methyl/N-ethyl adjacent to an activating group) is 1. The van der Waals surface area contributed by atoms with E-state index in [1.807, 2.05) is 0 Å². The molecule has 0 spiro atoms. The van der Waals surface area contributed by atoms with Crippen LogP contribution in [0.15, 0.2) is 17.4 Å². The number of fused-ring (bicyclic) bond motifs is 1. The lowest BCUT2D eigenvalue weighted by molar-refractivity contribution is 0.189. The lowest BCUT2D eigenvalue weighted by Gasteiger charge is -2.35. The Morgan fingerprint density at radius 1 is 1.43 bits per heavy atom. The first-order valence-corrected chi connectivity index (χ1v) is 8.32. The quantitative estimate of drug-likeness (QED) is 0.626. The molecule has 124 valence electrons. The van der Waals surface area contributed by atoms with Gasteiger partial charge in [-0.15, -0.1) is 0 Å². The Morgan fingerprint density at radius 3 is 2.96 bits per heavy atom. The third-order valence-corrected chi connectivity index (χ3v) is 4.55. The number of rotatable bonds is 2. The van der Waals surface area contributed by atoms with Gasteiger partial charge in [0, 0.05) is 45.2 Å². The van der Waals surface area contributed by atoms with Gasteiger partial charge in [0.2, 0.25) is 0 Å². The minimum Gasteiger partial charge on any atom is -0.383 e. The average molecular weight is 336 g/mol. The van der Waals surface area contributed by atoms with Crippen LogP contribution < -0.4 is 10.7 Å². The molecular formula is C15H21FN6S. The van der Waals surface area contributed by atoms with Crippen LogP contribution in [0.5, 0.6) is 0 Å². The van der Waals surface area contributed by atoms with Crippen LogP contribution in [0.1, 0.15) is 19.0 Å². The highest BCUT2D eigenvalue weighted by Crippen LogP contribution is 2.20. The van der Waals surface area contributed by atoms with Crippen LogP contribution in [0.25, 0.3) is 0 Å². The molecule has 0 aliphatic carbocycles. The number of halogens is 1. The molecule has 23 heavy (non-hydrogen) atoms. The van der Waals surface area contributed by atoms with Gasteiger partial charge < -0.3 is 15.1 Å². The fourth-order valence-corrected chi connectivity index (χ4v) is 3.03. The lowest BCUT2D eigenvalue weighted by atomic mass is 10.1. The summed E-state index contributed by atoms with van der Waals surface area (Å²) in [5.41, 5.74) is 5.14. The van der Waals surface area contributed by atoms with E-state index in [1.165, 1.54) is 12.3 Å². The van der Waals surface area contributed by atoms with E-state index in [0.29, 0.717) is 23.0 Å². The summed E-state index contributed by atoms with van der Waals surface area (Å²) in [6.45, 7) is 7.80. The normalized spacial score (nSPS) is 20.1. The molecular weight excluding hydrogens is 315 g/mol. The van der Waals surface area contributed by atoms with Crippen molar-refractivity contribution in [1.82, 2.24) is 20.2 Å². The van der Waals surface area contributed by atoms with E-state index in [4.69, 9.17) is 12.2 Å². The maximum Gasteiger partial charge on any atom is 0.189 e. The van der Waals surface area contributed by atoms with E-state index in [0.717, 1.165) is 44.9 Å². The van der Waals surface area contributed by atoms with Crippen LogP contribution in [-0.4, -0.2) is 64.9 Å². The number of nitrogens with zero attached hydrogens (tertiary/aromatic N) is 4. The molecule has 0 amide bonds. The van der Waals surface area contributed by atoms with Crippen molar-refractivity contribution < 1.29 is 4.39 Å². The smallest absolute Gasteiger partial charge is 0.189 e. The van der Waals surface area contributed by atoms with E-state index in [9.17, 15) is 4.39 Å². The minimum absolute atomic E-state index is 0.352. The van der Waals surface area contributed by atoms with Gasteiger partial charge in [-0.25, -0.2) is 9.37 Å². The summed E-state index contributed by atoms with van der Waals surface area (Å²) in [6.07, 6.45) is 1.94. The molecule has 8 heteroatoms. The Kier molecular flexibility index (Phi) is 5.02. The number of piperazine rings is 1. The molecule has 0 radical (unpaired) electrons. The summed E-state index contributed by atoms with van der Waals surface area (Å²) in [5, 5.41) is 8.18. The first kappa shape index (κ1) is 16.1. The molecule has 0 unspecified atom stereocenters. The van der Waals surface area contributed by atoms with Crippen molar-refractivity contribution in [1.29, 1.82) is 0 Å². The van der Waals surface area contributed by atoms with Gasteiger partial charge in [0.25, 0.3) is 0 Å². The number of aromatic nitrogens is 1. The molecule has 0 bridgehead atoms. The first-order chi connectivity index (χ1) is 11.2. The predicted octanol–water partition coefficient (Wildman–Crippen LogP) is 1.25. The highest BCUT2D eigenvalue weighted by atomic mass is 32.1. The Balaban J connectivity index is 1.64. The summed E-state index contributed by atoms with van der Waals surface area (Å²) in [4.78, 5) is 8.67. The highest BCUT2D eigenvalue weighted by molar-refractivity contribution is 7.80. The molecule has 2 N–H and O–H groups in total. The van der Waals surface area contributed by atoms with Crippen molar-refractivity contribution in [3.63, 3.8) is 0 Å². The maximum absolute atomic E-state index is 13.3. The second-order valence-corrected chi connectivity index (χ2v) is 6.01. The van der Waals surface area contributed by atoms with Crippen LogP contribution in [0.4, 0.5) is 10.1 Å². The van der Waals surface area contributed by atoms with Gasteiger partial charge in [-0.1, -0.05) is 6.92 Å². The zero-order valence-electron chi connectivity index (χ0n) is 13.2. The van der Waals surface area contributed by atoms with Crippen molar-refractivity contribution in [2.75, 3.05) is 44.6 Å². The molecule has 3 rings (SSSR count). The first-order valence-electron chi connectivity index (χ1n) is 7.91. The summed E-state index contributed by atoms with van der Waals surface area (Å²) < 4.78 is 13.3. The van der Waals surface area contributed by atoms with Gasteiger partial charge in [-0.2, -0.15) is 5.10 Å². The van der Waals surface area contributed by atoms with Crippen LogP contribution in [0, 0.1) is 5.82 Å². The van der Waals surface area contributed by atoms with E-state index < -0.39 is 0 Å². The van der Waals surface area contributed by atoms with Gasteiger partial charge >= 0.3 is 0 Å². The average Bonchev–Trinajstić information content (AvgIpc) is 2.59. The van der Waals surface area contributed by atoms with Crippen LogP contribution in [0.3, 0.4) is 0 Å². The van der Waals surface area contributed by atoms with Crippen molar-refractivity contribution in [3.8, 4) is 0 Å². The Labute approximate surface area is 140 Å². The van der Waals surface area contributed by atoms with Crippen LogP contribution in [-0.2, 0) is 0 Å². The lowest BCUT2D eigenvalue weighted by Crippen LogP contribution is -2.50. The number of nitrogens with one attached hydrogen (secondary N) is 2. The molecule has 0 saturated carbocycles. The highest BCUT2D eigenvalue weighted by Gasteiger charge is 2.20. The fraction of sp³-hybridized carbons (Fsp3) is 0.533. The maximum atomic E-state index is 13.3. The molecule has 0 atom stereocenters. The standard InChI is InChI=1S/C15H21FN6S/c1-2-21-5-7-22(8-6-21)15(23)20-19-12-3-4-17-13-9-11(16)10-18-14(12)13/h9-10,17H,2-8H2,1H3,(H,20,23)/b19-12-. The van der Waals surface area contributed by atoms with Gasteiger partial charge in [-0.3, -0.25) is 5.43 Å². The summed E-state index contributed by atoms with van der Waals surface area (Å²) in [6, 6.07) is 1.44. The summed E-state index contributed by atoms with van der Waals surface area (Å²) in [7, 11) is 0. The van der Waals surface area contributed by atoms with E-state index in [2.05, 4.69) is 37.6 Å². The minimum atomic E-state index is -0.352. The van der Waals surface area contributed by atoms with E-state index >= 15 is 0 Å². The fourth-order valence-electron chi connectivity index (χ4n) is 2.80. The summed E-state index contributed by atoms with van der Waals surface area (Å²) in [5.74, 6) is -0.352. The topological polar surface area (TPSA) is 55.8 Å². The Bertz CT molecular complexity index is 612. The van der Waals surface area contributed by atoms with E-state index in [-0.39, 0.29) is 5.82 Å². The van der Waals surface area contributed by atoms with Crippen molar-refractivity contribution in [3.05, 3.63) is 23.8 Å². The Morgan fingerprint density at radius 2 is 2.22 bits per heavy atom. The Hall–Kier alpha value is -1.80. The summed E-state index contributed by atoms with van der Waals surface area (Å²) >= 11 is 5.43. The SMILES string of the molecule is CCN1CCN(C(=S)N/N=C2/CCNc3cc(F)cnc32)CC1. The number of pyridine rings is 1.